The van der Waals surface area contributed by atoms with Crippen molar-refractivity contribution in [3.8, 4) is 5.75 Å². The zero-order valence-electron chi connectivity index (χ0n) is 10.4. The molecule has 19 heavy (non-hydrogen) atoms. The van der Waals surface area contributed by atoms with Crippen LogP contribution < -0.4 is 10.1 Å². The molecule has 5 nitrogen and oxygen atoms in total. The number of carbonyl (C=O) groups is 2. The number of halogens is 1. The van der Waals surface area contributed by atoms with Gasteiger partial charge in [-0.25, -0.2) is 9.18 Å². The predicted octanol–water partition coefficient (Wildman–Crippen LogP) is 1.57. The smallest absolute Gasteiger partial charge is 0.329 e. The highest BCUT2D eigenvalue weighted by atomic mass is 19.1. The van der Waals surface area contributed by atoms with Crippen molar-refractivity contribution < 1.29 is 23.8 Å². The van der Waals surface area contributed by atoms with Gasteiger partial charge in [0.15, 0.2) is 11.6 Å². The molecule has 2 N–H and O–H groups in total. The summed E-state index contributed by atoms with van der Waals surface area (Å²) >= 11 is 0. The van der Waals surface area contributed by atoms with Gasteiger partial charge in [0, 0.05) is 0 Å². The van der Waals surface area contributed by atoms with Gasteiger partial charge in [-0.3, -0.25) is 4.79 Å². The van der Waals surface area contributed by atoms with Crippen LogP contribution in [0.15, 0.2) is 18.2 Å². The summed E-state index contributed by atoms with van der Waals surface area (Å²) in [7, 11) is 1.30. The minimum absolute atomic E-state index is 0.0503. The number of nitrogens with one attached hydrogen (secondary N) is 1. The maximum absolute atomic E-state index is 13.9. The van der Waals surface area contributed by atoms with Gasteiger partial charge in [0.1, 0.15) is 5.54 Å². The SMILES string of the molecule is COc1cccc(C(=O)NC2(C(=O)O)CCC2)c1F. The van der Waals surface area contributed by atoms with Crippen molar-refractivity contribution in [1.82, 2.24) is 5.32 Å². The Morgan fingerprint density at radius 2 is 2.11 bits per heavy atom. The van der Waals surface area contributed by atoms with Crippen LogP contribution >= 0.6 is 0 Å². The molecule has 1 saturated carbocycles. The molecule has 0 aliphatic heterocycles. The van der Waals surface area contributed by atoms with Gasteiger partial charge in [0.2, 0.25) is 0 Å². The van der Waals surface area contributed by atoms with E-state index in [0.29, 0.717) is 12.8 Å². The van der Waals surface area contributed by atoms with E-state index in [2.05, 4.69) is 5.32 Å². The zero-order chi connectivity index (χ0) is 14.0. The fraction of sp³-hybridized carbons (Fsp3) is 0.385. The summed E-state index contributed by atoms with van der Waals surface area (Å²) in [5, 5.41) is 11.5. The second-order valence-corrected chi connectivity index (χ2v) is 4.52. The number of hydrogen-bond donors (Lipinski definition) is 2. The quantitative estimate of drug-likeness (QED) is 0.868. The van der Waals surface area contributed by atoms with E-state index in [1.807, 2.05) is 0 Å². The number of methoxy groups -OCH3 is 1. The van der Waals surface area contributed by atoms with Crippen LogP contribution in [0.1, 0.15) is 29.6 Å². The van der Waals surface area contributed by atoms with Crippen molar-refractivity contribution >= 4 is 11.9 Å². The molecule has 0 atom stereocenters. The minimum atomic E-state index is -1.26. The first-order valence-corrected chi connectivity index (χ1v) is 5.88. The van der Waals surface area contributed by atoms with Crippen LogP contribution in [-0.4, -0.2) is 29.6 Å². The molecule has 1 aliphatic carbocycles. The molecule has 1 aromatic carbocycles. The molecule has 0 aromatic heterocycles. The average molecular weight is 267 g/mol. The van der Waals surface area contributed by atoms with Crippen LogP contribution in [0.3, 0.4) is 0 Å². The van der Waals surface area contributed by atoms with Crippen LogP contribution in [0.5, 0.6) is 5.75 Å². The standard InChI is InChI=1S/C13H14FNO4/c1-19-9-5-2-4-8(10(9)14)11(16)15-13(12(17)18)6-3-7-13/h2,4-5H,3,6-7H2,1H3,(H,15,16)(H,17,18). The summed E-state index contributed by atoms with van der Waals surface area (Å²) in [6.07, 6.45) is 1.45. The highest BCUT2D eigenvalue weighted by Crippen LogP contribution is 2.32. The van der Waals surface area contributed by atoms with Gasteiger partial charge in [0.05, 0.1) is 12.7 Å². The molecule has 0 bridgehead atoms. The molecule has 6 heteroatoms. The van der Waals surface area contributed by atoms with Crippen molar-refractivity contribution in [3.63, 3.8) is 0 Å². The topological polar surface area (TPSA) is 75.6 Å². The van der Waals surface area contributed by atoms with Gasteiger partial charge in [-0.05, 0) is 31.4 Å². The molecule has 1 amide bonds. The van der Waals surface area contributed by atoms with Gasteiger partial charge in [-0.1, -0.05) is 6.07 Å². The highest BCUT2D eigenvalue weighted by Gasteiger charge is 2.46. The number of amides is 1. The molecule has 102 valence electrons. The van der Waals surface area contributed by atoms with Crippen LogP contribution in [0, 0.1) is 5.82 Å². The fourth-order valence-electron chi connectivity index (χ4n) is 2.05. The van der Waals surface area contributed by atoms with E-state index >= 15 is 0 Å². The third kappa shape index (κ3) is 2.25. The van der Waals surface area contributed by atoms with E-state index in [-0.39, 0.29) is 11.3 Å². The van der Waals surface area contributed by atoms with Gasteiger partial charge in [0.25, 0.3) is 5.91 Å². The van der Waals surface area contributed by atoms with Crippen molar-refractivity contribution in [3.05, 3.63) is 29.6 Å². The Balaban J connectivity index is 2.23. The number of aliphatic carboxylic acids is 1. The third-order valence-electron chi connectivity index (χ3n) is 3.40. The molecule has 0 spiro atoms. The van der Waals surface area contributed by atoms with Crippen LogP contribution in [0.4, 0.5) is 4.39 Å². The summed E-state index contributed by atoms with van der Waals surface area (Å²) < 4.78 is 18.7. The van der Waals surface area contributed by atoms with Crippen LogP contribution in [0.25, 0.3) is 0 Å². The summed E-state index contributed by atoms with van der Waals surface area (Å²) in [6, 6.07) is 4.16. The van der Waals surface area contributed by atoms with Crippen molar-refractivity contribution in [2.75, 3.05) is 7.11 Å². The lowest BCUT2D eigenvalue weighted by Gasteiger charge is -2.38. The number of hydrogen-bond acceptors (Lipinski definition) is 3. The Morgan fingerprint density at radius 3 is 2.58 bits per heavy atom. The number of benzene rings is 1. The lowest BCUT2D eigenvalue weighted by molar-refractivity contribution is -0.148. The monoisotopic (exact) mass is 267 g/mol. The van der Waals surface area contributed by atoms with E-state index in [1.165, 1.54) is 25.3 Å². The molecule has 2 rings (SSSR count). The van der Waals surface area contributed by atoms with Crippen LogP contribution in [0.2, 0.25) is 0 Å². The summed E-state index contributed by atoms with van der Waals surface area (Å²) in [5.41, 5.74) is -1.47. The van der Waals surface area contributed by atoms with E-state index in [4.69, 9.17) is 9.84 Å². The van der Waals surface area contributed by atoms with Gasteiger partial charge in [-0.2, -0.15) is 0 Å². The van der Waals surface area contributed by atoms with Gasteiger partial charge >= 0.3 is 5.97 Å². The lowest BCUT2D eigenvalue weighted by Crippen LogP contribution is -2.59. The van der Waals surface area contributed by atoms with E-state index in [1.54, 1.807) is 0 Å². The maximum atomic E-state index is 13.9. The Bertz CT molecular complexity index is 525. The van der Waals surface area contributed by atoms with Gasteiger partial charge < -0.3 is 15.2 Å². The first-order valence-electron chi connectivity index (χ1n) is 5.88. The molecule has 0 saturated heterocycles. The molecule has 1 fully saturated rings. The number of rotatable bonds is 4. The lowest BCUT2D eigenvalue weighted by atomic mass is 9.76. The number of ether oxygens (including phenoxy) is 1. The highest BCUT2D eigenvalue weighted by molar-refractivity contribution is 5.98. The molecule has 0 heterocycles. The Kier molecular flexibility index (Phi) is 3.42. The van der Waals surface area contributed by atoms with Crippen molar-refractivity contribution in [2.24, 2.45) is 0 Å². The number of carbonyl (C=O) groups excluding carboxylic acids is 1. The second kappa shape index (κ2) is 4.87. The Labute approximate surface area is 109 Å². The van der Waals surface area contributed by atoms with E-state index in [0.717, 1.165) is 6.42 Å². The first-order chi connectivity index (χ1) is 9.00. The fourth-order valence-corrected chi connectivity index (χ4v) is 2.05. The summed E-state index contributed by atoms with van der Waals surface area (Å²) in [5.74, 6) is -2.66. The van der Waals surface area contributed by atoms with E-state index in [9.17, 15) is 14.0 Å². The van der Waals surface area contributed by atoms with Crippen LogP contribution in [-0.2, 0) is 4.79 Å². The largest absolute Gasteiger partial charge is 0.494 e. The number of carboxylic acid groups (broad SMARTS) is 1. The maximum Gasteiger partial charge on any atom is 0.329 e. The normalized spacial score (nSPS) is 16.3. The molecular weight excluding hydrogens is 253 g/mol. The Hall–Kier alpha value is -2.11. The van der Waals surface area contributed by atoms with E-state index < -0.39 is 23.2 Å². The number of carboxylic acids is 1. The van der Waals surface area contributed by atoms with Crippen molar-refractivity contribution in [2.45, 2.75) is 24.8 Å². The Morgan fingerprint density at radius 1 is 1.42 bits per heavy atom. The van der Waals surface area contributed by atoms with Crippen molar-refractivity contribution in [1.29, 1.82) is 0 Å². The molecule has 0 unspecified atom stereocenters. The average Bonchev–Trinajstić information content (AvgIpc) is 2.33. The summed E-state index contributed by atoms with van der Waals surface area (Å²) in [6.45, 7) is 0. The van der Waals surface area contributed by atoms with Gasteiger partial charge in [-0.15, -0.1) is 0 Å². The minimum Gasteiger partial charge on any atom is -0.494 e. The zero-order valence-corrected chi connectivity index (χ0v) is 10.4. The second-order valence-electron chi connectivity index (χ2n) is 4.52. The molecule has 1 aromatic rings. The first kappa shape index (κ1) is 13.3. The summed E-state index contributed by atoms with van der Waals surface area (Å²) in [4.78, 5) is 23.1. The predicted molar refractivity (Wildman–Crippen MR) is 64.6 cm³/mol. The molecule has 0 radical (unpaired) electrons. The third-order valence-corrected chi connectivity index (χ3v) is 3.40. The molecular formula is C13H14FNO4. The molecule has 1 aliphatic rings.